The molecule has 0 radical (unpaired) electrons. The average Bonchev–Trinajstić information content (AvgIpc) is 2.29. The third kappa shape index (κ3) is 3.03. The van der Waals surface area contributed by atoms with E-state index in [0.717, 1.165) is 18.7 Å². The van der Waals surface area contributed by atoms with E-state index in [9.17, 15) is 5.11 Å². The number of ether oxygens (including phenoxy) is 1. The smallest absolute Gasteiger partial charge is 0.162 e. The first kappa shape index (κ1) is 13.1. The predicted molar refractivity (Wildman–Crippen MR) is 66.3 cm³/mol. The highest BCUT2D eigenvalue weighted by molar-refractivity contribution is 6.30. The molecular formula is C12H18ClNO2. The largest absolute Gasteiger partial charge is 0.504 e. The summed E-state index contributed by atoms with van der Waals surface area (Å²) < 4.78 is 5.06. The summed E-state index contributed by atoms with van der Waals surface area (Å²) >= 11 is 5.96. The van der Waals surface area contributed by atoms with Crippen LogP contribution in [-0.2, 0) is 6.54 Å². The normalized spacial score (nSPS) is 10.8. The second-order valence-corrected chi connectivity index (χ2v) is 4.01. The molecular weight excluding hydrogens is 226 g/mol. The van der Waals surface area contributed by atoms with Gasteiger partial charge in [0.05, 0.1) is 7.11 Å². The highest BCUT2D eigenvalue weighted by atomic mass is 35.5. The summed E-state index contributed by atoms with van der Waals surface area (Å²) in [4.78, 5) is 2.20. The van der Waals surface area contributed by atoms with E-state index in [1.54, 1.807) is 12.1 Å². The van der Waals surface area contributed by atoms with Gasteiger partial charge in [0, 0.05) is 23.2 Å². The molecule has 1 N–H and O–H groups in total. The lowest BCUT2D eigenvalue weighted by Crippen LogP contribution is -2.22. The quantitative estimate of drug-likeness (QED) is 0.863. The van der Waals surface area contributed by atoms with Crippen LogP contribution in [0.5, 0.6) is 11.5 Å². The minimum atomic E-state index is 0.179. The highest BCUT2D eigenvalue weighted by Crippen LogP contribution is 2.34. The van der Waals surface area contributed by atoms with Crippen LogP contribution in [0.2, 0.25) is 5.02 Å². The number of rotatable bonds is 5. The molecule has 90 valence electrons. The Hall–Kier alpha value is -0.930. The average molecular weight is 244 g/mol. The predicted octanol–water partition coefficient (Wildman–Crippen LogP) is 2.90. The van der Waals surface area contributed by atoms with Crippen LogP contribution in [0, 0.1) is 0 Å². The van der Waals surface area contributed by atoms with Crippen molar-refractivity contribution < 1.29 is 9.84 Å². The molecule has 0 saturated heterocycles. The Morgan fingerprint density at radius 3 is 2.44 bits per heavy atom. The van der Waals surface area contributed by atoms with Gasteiger partial charge in [-0.2, -0.15) is 0 Å². The summed E-state index contributed by atoms with van der Waals surface area (Å²) in [7, 11) is 1.52. The maximum atomic E-state index is 9.94. The summed E-state index contributed by atoms with van der Waals surface area (Å²) in [5, 5.41) is 10.5. The zero-order valence-electron chi connectivity index (χ0n) is 9.96. The van der Waals surface area contributed by atoms with E-state index in [1.807, 2.05) is 0 Å². The lowest BCUT2D eigenvalue weighted by molar-refractivity contribution is 0.288. The van der Waals surface area contributed by atoms with Gasteiger partial charge < -0.3 is 9.84 Å². The molecule has 0 amide bonds. The van der Waals surface area contributed by atoms with Gasteiger partial charge in [-0.25, -0.2) is 0 Å². The lowest BCUT2D eigenvalue weighted by Gasteiger charge is -2.19. The van der Waals surface area contributed by atoms with Crippen molar-refractivity contribution >= 4 is 11.6 Å². The van der Waals surface area contributed by atoms with E-state index in [-0.39, 0.29) is 5.75 Å². The van der Waals surface area contributed by atoms with Gasteiger partial charge in [-0.05, 0) is 19.2 Å². The van der Waals surface area contributed by atoms with E-state index < -0.39 is 0 Å². The van der Waals surface area contributed by atoms with Crippen LogP contribution >= 0.6 is 11.6 Å². The second-order valence-electron chi connectivity index (χ2n) is 3.58. The molecule has 0 aliphatic rings. The molecule has 16 heavy (non-hydrogen) atoms. The lowest BCUT2D eigenvalue weighted by atomic mass is 10.1. The van der Waals surface area contributed by atoms with Crippen LogP contribution in [0.25, 0.3) is 0 Å². The van der Waals surface area contributed by atoms with Crippen molar-refractivity contribution in [3.05, 3.63) is 22.7 Å². The fourth-order valence-corrected chi connectivity index (χ4v) is 1.82. The second kappa shape index (κ2) is 5.97. The van der Waals surface area contributed by atoms with E-state index in [1.165, 1.54) is 7.11 Å². The van der Waals surface area contributed by atoms with Crippen molar-refractivity contribution in [1.82, 2.24) is 4.90 Å². The minimum absolute atomic E-state index is 0.179. The van der Waals surface area contributed by atoms with Crippen molar-refractivity contribution in [2.45, 2.75) is 20.4 Å². The Morgan fingerprint density at radius 1 is 1.31 bits per heavy atom. The molecule has 1 rings (SSSR count). The number of halogens is 1. The maximum absolute atomic E-state index is 9.94. The number of phenolic OH excluding ortho intramolecular Hbond substituents is 1. The van der Waals surface area contributed by atoms with Crippen molar-refractivity contribution in [2.75, 3.05) is 20.2 Å². The number of hydrogen-bond donors (Lipinski definition) is 1. The molecule has 0 fully saturated rings. The summed E-state index contributed by atoms with van der Waals surface area (Å²) in [5.41, 5.74) is 0.799. The van der Waals surface area contributed by atoms with Crippen molar-refractivity contribution in [3.63, 3.8) is 0 Å². The fourth-order valence-electron chi connectivity index (χ4n) is 1.59. The number of aromatic hydroxyl groups is 1. The van der Waals surface area contributed by atoms with E-state index in [4.69, 9.17) is 16.3 Å². The van der Waals surface area contributed by atoms with Crippen LogP contribution in [0.1, 0.15) is 19.4 Å². The molecule has 0 heterocycles. The summed E-state index contributed by atoms with van der Waals surface area (Å²) in [6, 6.07) is 3.39. The minimum Gasteiger partial charge on any atom is -0.504 e. The van der Waals surface area contributed by atoms with Gasteiger partial charge in [0.2, 0.25) is 0 Å². The Balaban J connectivity index is 2.98. The van der Waals surface area contributed by atoms with Gasteiger partial charge in [0.1, 0.15) is 0 Å². The molecule has 0 aliphatic carbocycles. The first-order valence-corrected chi connectivity index (χ1v) is 5.77. The van der Waals surface area contributed by atoms with Crippen LogP contribution in [0.3, 0.4) is 0 Å². The Bertz CT molecular complexity index is 351. The fraction of sp³-hybridized carbons (Fsp3) is 0.500. The van der Waals surface area contributed by atoms with Crippen molar-refractivity contribution in [1.29, 1.82) is 0 Å². The summed E-state index contributed by atoms with van der Waals surface area (Å²) in [5.74, 6) is 0.605. The molecule has 0 bridgehead atoms. The van der Waals surface area contributed by atoms with Gasteiger partial charge in [-0.3, -0.25) is 4.90 Å². The molecule has 1 aromatic carbocycles. The SMILES string of the molecule is CCN(CC)Cc1cc(Cl)cc(OC)c1O. The Labute approximate surface area is 102 Å². The zero-order valence-corrected chi connectivity index (χ0v) is 10.7. The van der Waals surface area contributed by atoms with Crippen molar-refractivity contribution in [2.24, 2.45) is 0 Å². The molecule has 0 atom stereocenters. The zero-order chi connectivity index (χ0) is 12.1. The van der Waals surface area contributed by atoms with Crippen LogP contribution in [-0.4, -0.2) is 30.2 Å². The third-order valence-corrected chi connectivity index (χ3v) is 2.85. The van der Waals surface area contributed by atoms with Crippen LogP contribution in [0.4, 0.5) is 0 Å². The topological polar surface area (TPSA) is 32.7 Å². The monoisotopic (exact) mass is 243 g/mol. The Morgan fingerprint density at radius 2 is 1.94 bits per heavy atom. The van der Waals surface area contributed by atoms with E-state index in [0.29, 0.717) is 17.3 Å². The number of phenols is 1. The molecule has 4 heteroatoms. The van der Waals surface area contributed by atoms with E-state index in [2.05, 4.69) is 18.7 Å². The summed E-state index contributed by atoms with van der Waals surface area (Å²) in [6.07, 6.45) is 0. The van der Waals surface area contributed by atoms with Gasteiger partial charge in [0.25, 0.3) is 0 Å². The van der Waals surface area contributed by atoms with Gasteiger partial charge in [-0.15, -0.1) is 0 Å². The van der Waals surface area contributed by atoms with Gasteiger partial charge >= 0.3 is 0 Å². The maximum Gasteiger partial charge on any atom is 0.162 e. The number of nitrogens with zero attached hydrogens (tertiary/aromatic N) is 1. The first-order valence-electron chi connectivity index (χ1n) is 5.40. The highest BCUT2D eigenvalue weighted by Gasteiger charge is 2.12. The van der Waals surface area contributed by atoms with Crippen LogP contribution in [0.15, 0.2) is 12.1 Å². The first-order chi connectivity index (χ1) is 7.62. The molecule has 0 saturated carbocycles. The number of hydrogen-bond acceptors (Lipinski definition) is 3. The third-order valence-electron chi connectivity index (χ3n) is 2.63. The standard InChI is InChI=1S/C12H18ClNO2/c1-4-14(5-2)8-9-6-10(13)7-11(16-3)12(9)15/h6-7,15H,4-5,8H2,1-3H3. The molecule has 0 aliphatic heterocycles. The molecule has 3 nitrogen and oxygen atoms in total. The number of benzene rings is 1. The molecule has 0 unspecified atom stereocenters. The molecule has 1 aromatic rings. The molecule has 0 aromatic heterocycles. The van der Waals surface area contributed by atoms with E-state index >= 15 is 0 Å². The van der Waals surface area contributed by atoms with Crippen molar-refractivity contribution in [3.8, 4) is 11.5 Å². The summed E-state index contributed by atoms with van der Waals surface area (Å²) in [6.45, 7) is 6.72. The van der Waals surface area contributed by atoms with Gasteiger partial charge in [-0.1, -0.05) is 25.4 Å². The molecule has 0 spiro atoms. The van der Waals surface area contributed by atoms with Gasteiger partial charge in [0.15, 0.2) is 11.5 Å². The Kier molecular flexibility index (Phi) is 4.90. The van der Waals surface area contributed by atoms with Crippen LogP contribution < -0.4 is 4.74 Å². The number of methoxy groups -OCH3 is 1.